The maximum atomic E-state index is 12.0. The van der Waals surface area contributed by atoms with Gasteiger partial charge >= 0.3 is 0 Å². The van der Waals surface area contributed by atoms with Crippen LogP contribution in [-0.4, -0.2) is 85.9 Å². The first-order valence-corrected chi connectivity index (χ1v) is 7.11. The molecule has 2 aliphatic rings. The number of piperazine rings is 2. The van der Waals surface area contributed by atoms with Gasteiger partial charge in [0.05, 0.1) is 0 Å². The highest BCUT2D eigenvalue weighted by molar-refractivity contribution is 5.84. The van der Waals surface area contributed by atoms with Crippen LogP contribution in [0.25, 0.3) is 0 Å². The first kappa shape index (κ1) is 14.3. The molecule has 2 heterocycles. The summed E-state index contributed by atoms with van der Waals surface area (Å²) >= 11 is 0. The van der Waals surface area contributed by atoms with Gasteiger partial charge in [-0.15, -0.1) is 0 Å². The molecule has 1 N–H and O–H groups in total. The van der Waals surface area contributed by atoms with E-state index >= 15 is 0 Å². The maximum Gasteiger partial charge on any atom is 0.223 e. The summed E-state index contributed by atoms with van der Waals surface area (Å²) in [6.07, 6.45) is 0.706. The molecule has 0 aromatic rings. The van der Waals surface area contributed by atoms with E-state index in [4.69, 9.17) is 0 Å². The van der Waals surface area contributed by atoms with Crippen molar-refractivity contribution in [2.45, 2.75) is 12.8 Å². The fourth-order valence-corrected chi connectivity index (χ4v) is 2.50. The zero-order valence-corrected chi connectivity index (χ0v) is 11.7. The summed E-state index contributed by atoms with van der Waals surface area (Å²) in [4.78, 5) is 29.9. The Morgan fingerprint density at radius 1 is 0.842 bits per heavy atom. The Bertz CT molecular complexity index is 321. The van der Waals surface area contributed by atoms with E-state index in [0.29, 0.717) is 12.8 Å². The van der Waals surface area contributed by atoms with Gasteiger partial charge in [-0.2, -0.15) is 0 Å². The topological polar surface area (TPSA) is 55.9 Å². The standard InChI is InChI=1S/C13H24N4O2/c1-15-8-10-17(11-9-15)13(19)3-2-12(18)16-6-4-14-5-7-16/h14H,2-11H2,1H3. The Kier molecular flexibility index (Phi) is 5.15. The predicted octanol–water partition coefficient (Wildman–Crippen LogP) is -1.03. The van der Waals surface area contributed by atoms with Gasteiger partial charge in [0.1, 0.15) is 0 Å². The van der Waals surface area contributed by atoms with E-state index in [2.05, 4.69) is 17.3 Å². The van der Waals surface area contributed by atoms with Crippen LogP contribution in [0.4, 0.5) is 0 Å². The molecule has 2 rings (SSSR count). The van der Waals surface area contributed by atoms with E-state index < -0.39 is 0 Å². The molecule has 0 saturated carbocycles. The highest BCUT2D eigenvalue weighted by Gasteiger charge is 2.21. The lowest BCUT2D eigenvalue weighted by Gasteiger charge is -2.32. The smallest absolute Gasteiger partial charge is 0.223 e. The quantitative estimate of drug-likeness (QED) is 0.711. The summed E-state index contributed by atoms with van der Waals surface area (Å²) in [5, 5.41) is 3.22. The molecule has 0 atom stereocenters. The molecule has 6 nitrogen and oxygen atoms in total. The van der Waals surface area contributed by atoms with Crippen LogP contribution in [0.1, 0.15) is 12.8 Å². The molecule has 2 fully saturated rings. The summed E-state index contributed by atoms with van der Waals surface area (Å²) in [5.74, 6) is 0.237. The SMILES string of the molecule is CN1CCN(C(=O)CCC(=O)N2CCNCC2)CC1. The minimum Gasteiger partial charge on any atom is -0.340 e. The average molecular weight is 268 g/mol. The van der Waals surface area contributed by atoms with Crippen molar-refractivity contribution in [3.05, 3.63) is 0 Å². The molecule has 0 aliphatic carbocycles. The highest BCUT2D eigenvalue weighted by Crippen LogP contribution is 2.06. The molecule has 0 aromatic heterocycles. The second-order valence-corrected chi connectivity index (χ2v) is 5.31. The third-order valence-electron chi connectivity index (χ3n) is 3.88. The predicted molar refractivity (Wildman–Crippen MR) is 72.8 cm³/mol. The van der Waals surface area contributed by atoms with E-state index in [9.17, 15) is 9.59 Å². The van der Waals surface area contributed by atoms with Crippen LogP contribution in [0.3, 0.4) is 0 Å². The highest BCUT2D eigenvalue weighted by atomic mass is 16.2. The summed E-state index contributed by atoms with van der Waals surface area (Å²) in [5.41, 5.74) is 0. The largest absolute Gasteiger partial charge is 0.340 e. The number of amides is 2. The Labute approximate surface area is 114 Å². The summed E-state index contributed by atoms with van der Waals surface area (Å²) in [6.45, 7) is 6.68. The lowest BCUT2D eigenvalue weighted by molar-refractivity contribution is -0.138. The number of hydrogen-bond donors (Lipinski definition) is 1. The summed E-state index contributed by atoms with van der Waals surface area (Å²) in [6, 6.07) is 0. The van der Waals surface area contributed by atoms with E-state index in [1.807, 2.05) is 9.80 Å². The molecule has 2 saturated heterocycles. The number of nitrogens with zero attached hydrogens (tertiary/aromatic N) is 3. The number of hydrogen-bond acceptors (Lipinski definition) is 4. The number of likely N-dealkylation sites (N-methyl/N-ethyl adjacent to an activating group) is 1. The zero-order valence-electron chi connectivity index (χ0n) is 11.7. The number of nitrogens with one attached hydrogen (secondary N) is 1. The van der Waals surface area contributed by atoms with Crippen LogP contribution in [0, 0.1) is 0 Å². The fourth-order valence-electron chi connectivity index (χ4n) is 2.50. The van der Waals surface area contributed by atoms with Gasteiger partial charge in [0, 0.05) is 65.2 Å². The Morgan fingerprint density at radius 3 is 1.84 bits per heavy atom. The van der Waals surface area contributed by atoms with Gasteiger partial charge < -0.3 is 20.0 Å². The molecule has 108 valence electrons. The lowest BCUT2D eigenvalue weighted by Crippen LogP contribution is -2.48. The Hall–Kier alpha value is -1.14. The monoisotopic (exact) mass is 268 g/mol. The number of carbonyl (C=O) groups excluding carboxylic acids is 2. The van der Waals surface area contributed by atoms with Crippen LogP contribution >= 0.6 is 0 Å². The molecular weight excluding hydrogens is 244 g/mol. The molecular formula is C13H24N4O2. The maximum absolute atomic E-state index is 12.0. The van der Waals surface area contributed by atoms with Crippen LogP contribution in [0.2, 0.25) is 0 Å². The minimum atomic E-state index is 0.115. The lowest BCUT2D eigenvalue weighted by atomic mass is 10.2. The third-order valence-corrected chi connectivity index (χ3v) is 3.88. The van der Waals surface area contributed by atoms with Crippen LogP contribution in [0.15, 0.2) is 0 Å². The van der Waals surface area contributed by atoms with Crippen molar-refractivity contribution in [1.82, 2.24) is 20.0 Å². The van der Waals surface area contributed by atoms with Gasteiger partial charge in [-0.25, -0.2) is 0 Å². The van der Waals surface area contributed by atoms with Crippen molar-refractivity contribution in [3.8, 4) is 0 Å². The second kappa shape index (κ2) is 6.86. The van der Waals surface area contributed by atoms with E-state index in [-0.39, 0.29) is 11.8 Å². The van der Waals surface area contributed by atoms with Crippen LogP contribution in [-0.2, 0) is 9.59 Å². The van der Waals surface area contributed by atoms with Crippen molar-refractivity contribution in [2.24, 2.45) is 0 Å². The van der Waals surface area contributed by atoms with Gasteiger partial charge in [0.25, 0.3) is 0 Å². The Morgan fingerprint density at radius 2 is 1.32 bits per heavy atom. The van der Waals surface area contributed by atoms with Gasteiger partial charge in [0.2, 0.25) is 11.8 Å². The summed E-state index contributed by atoms with van der Waals surface area (Å²) in [7, 11) is 2.07. The number of carbonyl (C=O) groups is 2. The van der Waals surface area contributed by atoms with Crippen molar-refractivity contribution >= 4 is 11.8 Å². The molecule has 0 radical (unpaired) electrons. The molecule has 0 aromatic carbocycles. The molecule has 0 unspecified atom stereocenters. The molecule has 6 heteroatoms. The average Bonchev–Trinajstić information content (AvgIpc) is 2.46. The normalized spacial score (nSPS) is 21.5. The van der Waals surface area contributed by atoms with Crippen LogP contribution < -0.4 is 5.32 Å². The molecule has 2 amide bonds. The van der Waals surface area contributed by atoms with Crippen molar-refractivity contribution in [2.75, 3.05) is 59.4 Å². The zero-order chi connectivity index (χ0) is 13.7. The van der Waals surface area contributed by atoms with Gasteiger partial charge in [0.15, 0.2) is 0 Å². The third kappa shape index (κ3) is 4.18. The van der Waals surface area contributed by atoms with E-state index in [0.717, 1.165) is 52.4 Å². The molecule has 0 spiro atoms. The second-order valence-electron chi connectivity index (χ2n) is 5.31. The molecule has 2 aliphatic heterocycles. The van der Waals surface area contributed by atoms with Crippen molar-refractivity contribution in [1.29, 1.82) is 0 Å². The first-order chi connectivity index (χ1) is 9.16. The Balaban J connectivity index is 1.69. The minimum absolute atomic E-state index is 0.115. The summed E-state index contributed by atoms with van der Waals surface area (Å²) < 4.78 is 0. The van der Waals surface area contributed by atoms with Gasteiger partial charge in [-0.05, 0) is 7.05 Å². The van der Waals surface area contributed by atoms with E-state index in [1.54, 1.807) is 0 Å². The van der Waals surface area contributed by atoms with Crippen molar-refractivity contribution < 1.29 is 9.59 Å². The first-order valence-electron chi connectivity index (χ1n) is 7.11. The van der Waals surface area contributed by atoms with Gasteiger partial charge in [-0.1, -0.05) is 0 Å². The molecule has 19 heavy (non-hydrogen) atoms. The number of rotatable bonds is 3. The van der Waals surface area contributed by atoms with E-state index in [1.165, 1.54) is 0 Å². The van der Waals surface area contributed by atoms with Crippen LogP contribution in [0.5, 0.6) is 0 Å². The fraction of sp³-hybridized carbons (Fsp3) is 0.846. The van der Waals surface area contributed by atoms with Crippen molar-refractivity contribution in [3.63, 3.8) is 0 Å². The van der Waals surface area contributed by atoms with Gasteiger partial charge in [-0.3, -0.25) is 9.59 Å². The molecule has 0 bridgehead atoms.